The molecule has 2 saturated carbocycles. The summed E-state index contributed by atoms with van der Waals surface area (Å²) in [4.78, 5) is 45.9. The quantitative estimate of drug-likeness (QED) is 0.455. The summed E-state index contributed by atoms with van der Waals surface area (Å²) in [6, 6.07) is 6.32. The number of amides is 3. The van der Waals surface area contributed by atoms with Crippen LogP contribution in [0.5, 0.6) is 5.75 Å². The van der Waals surface area contributed by atoms with E-state index in [4.69, 9.17) is 14.2 Å². The SMILES string of the molecule is CC(C)(C)OC(=O)N[C@H](C(=O)N1C[C@H]2C[C@@H](OCC3CC3)CN2C[C@H]1C(=O)N[C@@H]1CCOc2ccccc21)C1CCCCC1. The van der Waals surface area contributed by atoms with Crippen LogP contribution in [-0.4, -0.2) is 90.4 Å². The maximum Gasteiger partial charge on any atom is 0.408 e. The van der Waals surface area contributed by atoms with Crippen LogP contribution in [0.15, 0.2) is 24.3 Å². The summed E-state index contributed by atoms with van der Waals surface area (Å²) in [7, 11) is 0. The summed E-state index contributed by atoms with van der Waals surface area (Å²) in [5.74, 6) is 1.13. The fourth-order valence-corrected chi connectivity index (χ4v) is 7.39. The maximum atomic E-state index is 14.6. The first-order valence-electron chi connectivity index (χ1n) is 16.8. The summed E-state index contributed by atoms with van der Waals surface area (Å²) in [5.41, 5.74) is 0.275. The molecule has 0 unspecified atom stereocenters. The highest BCUT2D eigenvalue weighted by Gasteiger charge is 2.48. The van der Waals surface area contributed by atoms with Crippen molar-refractivity contribution in [2.24, 2.45) is 11.8 Å². The van der Waals surface area contributed by atoms with Crippen molar-refractivity contribution in [1.29, 1.82) is 0 Å². The van der Waals surface area contributed by atoms with Gasteiger partial charge in [0.15, 0.2) is 0 Å². The molecule has 3 heterocycles. The van der Waals surface area contributed by atoms with Gasteiger partial charge in [-0.15, -0.1) is 0 Å². The molecular formula is C34H50N4O6. The van der Waals surface area contributed by atoms with Crippen molar-refractivity contribution >= 4 is 17.9 Å². The number of nitrogens with one attached hydrogen (secondary N) is 2. The third-order valence-corrected chi connectivity index (χ3v) is 9.87. The topological polar surface area (TPSA) is 109 Å². The Balaban J connectivity index is 1.23. The van der Waals surface area contributed by atoms with E-state index in [1.807, 2.05) is 45.0 Å². The summed E-state index contributed by atoms with van der Waals surface area (Å²) < 4.78 is 17.7. The number of piperazine rings is 1. The number of carbonyl (C=O) groups excluding carboxylic acids is 3. The molecule has 0 spiro atoms. The first kappa shape index (κ1) is 31.1. The van der Waals surface area contributed by atoms with Crippen molar-refractivity contribution < 1.29 is 28.6 Å². The van der Waals surface area contributed by atoms with Crippen LogP contribution in [0.1, 0.15) is 90.2 Å². The minimum absolute atomic E-state index is 0.00563. The lowest BCUT2D eigenvalue weighted by Crippen LogP contribution is -2.66. The summed E-state index contributed by atoms with van der Waals surface area (Å²) >= 11 is 0. The van der Waals surface area contributed by atoms with Gasteiger partial charge >= 0.3 is 6.09 Å². The lowest BCUT2D eigenvalue weighted by Gasteiger charge is -2.45. The Kier molecular flexibility index (Phi) is 9.38. The van der Waals surface area contributed by atoms with Crippen molar-refractivity contribution in [2.75, 3.05) is 32.8 Å². The molecule has 2 saturated heterocycles. The molecule has 3 aliphatic heterocycles. The van der Waals surface area contributed by atoms with Gasteiger partial charge in [-0.2, -0.15) is 0 Å². The van der Waals surface area contributed by atoms with E-state index in [-0.39, 0.29) is 35.9 Å². The molecule has 1 aromatic carbocycles. The molecule has 2 aliphatic carbocycles. The van der Waals surface area contributed by atoms with Crippen LogP contribution in [0.3, 0.4) is 0 Å². The van der Waals surface area contributed by atoms with Crippen molar-refractivity contribution in [2.45, 2.75) is 114 Å². The molecular weight excluding hydrogens is 560 g/mol. The number of para-hydroxylation sites is 1. The van der Waals surface area contributed by atoms with Crippen LogP contribution < -0.4 is 15.4 Å². The number of ether oxygens (including phenoxy) is 3. The largest absolute Gasteiger partial charge is 0.493 e. The van der Waals surface area contributed by atoms with Crippen LogP contribution in [0.4, 0.5) is 4.79 Å². The second-order valence-corrected chi connectivity index (χ2v) is 14.5. The van der Waals surface area contributed by atoms with E-state index in [2.05, 4.69) is 15.5 Å². The predicted octanol–water partition coefficient (Wildman–Crippen LogP) is 4.18. The predicted molar refractivity (Wildman–Crippen MR) is 165 cm³/mol. The molecule has 6 rings (SSSR count). The second-order valence-electron chi connectivity index (χ2n) is 14.5. The van der Waals surface area contributed by atoms with Crippen LogP contribution in [0, 0.1) is 11.8 Å². The second kappa shape index (κ2) is 13.3. The fraction of sp³-hybridized carbons (Fsp3) is 0.735. The highest BCUT2D eigenvalue weighted by Crippen LogP contribution is 2.35. The lowest BCUT2D eigenvalue weighted by molar-refractivity contribution is -0.148. The Morgan fingerprint density at radius 1 is 1.00 bits per heavy atom. The van der Waals surface area contributed by atoms with Gasteiger partial charge in [0.05, 0.1) is 18.8 Å². The van der Waals surface area contributed by atoms with Crippen molar-refractivity contribution in [1.82, 2.24) is 20.4 Å². The average Bonchev–Trinajstić information content (AvgIpc) is 3.75. The number of hydrogen-bond acceptors (Lipinski definition) is 7. The molecule has 10 heteroatoms. The number of alkyl carbamates (subject to hydrolysis) is 1. The fourth-order valence-electron chi connectivity index (χ4n) is 7.39. The van der Waals surface area contributed by atoms with E-state index >= 15 is 0 Å². The molecule has 1 aromatic rings. The van der Waals surface area contributed by atoms with Gasteiger partial charge in [-0.3, -0.25) is 14.5 Å². The Morgan fingerprint density at radius 2 is 1.77 bits per heavy atom. The van der Waals surface area contributed by atoms with Gasteiger partial charge in [0.1, 0.15) is 23.4 Å². The summed E-state index contributed by atoms with van der Waals surface area (Å²) in [6.45, 7) is 8.42. The smallest absolute Gasteiger partial charge is 0.408 e. The number of hydrogen-bond donors (Lipinski definition) is 2. The van der Waals surface area contributed by atoms with Gasteiger partial charge in [0.2, 0.25) is 11.8 Å². The van der Waals surface area contributed by atoms with E-state index in [1.54, 1.807) is 4.90 Å². The molecule has 4 fully saturated rings. The number of fused-ring (bicyclic) bond motifs is 2. The van der Waals surface area contributed by atoms with E-state index in [0.29, 0.717) is 32.0 Å². The third-order valence-electron chi connectivity index (χ3n) is 9.87. The van der Waals surface area contributed by atoms with Crippen molar-refractivity contribution in [3.63, 3.8) is 0 Å². The Hall–Kier alpha value is -2.85. The first-order chi connectivity index (χ1) is 21.1. The lowest BCUT2D eigenvalue weighted by atomic mass is 9.83. The monoisotopic (exact) mass is 610 g/mol. The van der Waals surface area contributed by atoms with Gasteiger partial charge < -0.3 is 29.7 Å². The van der Waals surface area contributed by atoms with E-state index in [9.17, 15) is 14.4 Å². The van der Waals surface area contributed by atoms with Crippen LogP contribution in [0.25, 0.3) is 0 Å². The molecule has 5 atom stereocenters. The Labute approximate surface area is 261 Å². The van der Waals surface area contributed by atoms with Crippen molar-refractivity contribution in [3.8, 4) is 5.75 Å². The average molecular weight is 611 g/mol. The van der Waals surface area contributed by atoms with E-state index in [0.717, 1.165) is 63.0 Å². The normalized spacial score (nSPS) is 28.3. The van der Waals surface area contributed by atoms with Gasteiger partial charge in [0, 0.05) is 44.3 Å². The number of nitrogens with zero attached hydrogens (tertiary/aromatic N) is 2. The molecule has 0 bridgehead atoms. The van der Waals surface area contributed by atoms with Gasteiger partial charge in [-0.25, -0.2) is 4.79 Å². The highest BCUT2D eigenvalue weighted by molar-refractivity contribution is 5.92. The van der Waals surface area contributed by atoms with Crippen LogP contribution in [-0.2, 0) is 19.1 Å². The summed E-state index contributed by atoms with van der Waals surface area (Å²) in [6.07, 6.45) is 8.41. The first-order valence-corrected chi connectivity index (χ1v) is 16.8. The maximum absolute atomic E-state index is 14.6. The zero-order valence-corrected chi connectivity index (χ0v) is 26.6. The molecule has 242 valence electrons. The number of benzene rings is 1. The molecule has 0 aromatic heterocycles. The number of rotatable bonds is 8. The molecule has 2 N–H and O–H groups in total. The Morgan fingerprint density at radius 3 is 2.52 bits per heavy atom. The van der Waals surface area contributed by atoms with Gasteiger partial charge in [-0.05, 0) is 70.8 Å². The van der Waals surface area contributed by atoms with Crippen LogP contribution in [0.2, 0.25) is 0 Å². The molecule has 10 nitrogen and oxygen atoms in total. The highest BCUT2D eigenvalue weighted by atomic mass is 16.6. The third kappa shape index (κ3) is 7.50. The zero-order chi connectivity index (χ0) is 30.8. The molecule has 0 radical (unpaired) electrons. The summed E-state index contributed by atoms with van der Waals surface area (Å²) in [5, 5.41) is 6.24. The zero-order valence-electron chi connectivity index (χ0n) is 26.6. The minimum atomic E-state index is -0.737. The van der Waals surface area contributed by atoms with Crippen LogP contribution >= 0.6 is 0 Å². The molecule has 5 aliphatic rings. The van der Waals surface area contributed by atoms with Crippen molar-refractivity contribution in [3.05, 3.63) is 29.8 Å². The standard InChI is InChI=1S/C34H50N4O6/c1-34(2,3)44-33(41)36-30(23-9-5-4-6-10-23)32(40)38-18-24-17-25(43-21-22-13-14-22)19-37(24)20-28(38)31(39)35-27-15-16-42-29-12-8-7-11-26(27)29/h7-8,11-12,22-25,27-28,30H,4-6,9-10,13-21H2,1-3H3,(H,35,39)(H,36,41)/t24-,25-,27-,28+,30+/m1/s1. The van der Waals surface area contributed by atoms with E-state index < -0.39 is 23.8 Å². The molecule has 3 amide bonds. The van der Waals surface area contributed by atoms with Gasteiger partial charge in [0.25, 0.3) is 0 Å². The van der Waals surface area contributed by atoms with E-state index in [1.165, 1.54) is 12.8 Å². The molecule has 44 heavy (non-hydrogen) atoms. The Bertz CT molecular complexity index is 1190. The minimum Gasteiger partial charge on any atom is -0.493 e. The van der Waals surface area contributed by atoms with Gasteiger partial charge in [-0.1, -0.05) is 37.5 Å². The number of carbonyl (C=O) groups is 3.